The predicted octanol–water partition coefficient (Wildman–Crippen LogP) is 1.74. The molecule has 7 heteroatoms. The molecule has 0 saturated carbocycles. The summed E-state index contributed by atoms with van der Waals surface area (Å²) in [4.78, 5) is 14.0. The first-order valence-electron chi connectivity index (χ1n) is 6.35. The summed E-state index contributed by atoms with van der Waals surface area (Å²) in [5, 5.41) is 4.23. The number of halogens is 2. The van der Waals surface area contributed by atoms with Crippen molar-refractivity contribution >= 4 is 34.9 Å². The van der Waals surface area contributed by atoms with Gasteiger partial charge in [-0.15, -0.1) is 0 Å². The Morgan fingerprint density at radius 1 is 1.45 bits per heavy atom. The van der Waals surface area contributed by atoms with Crippen LogP contribution in [0.15, 0.2) is 11.8 Å². The first-order valence-corrected chi connectivity index (χ1v) is 7.10. The lowest BCUT2D eigenvalue weighted by Gasteiger charge is -2.40. The van der Waals surface area contributed by atoms with Gasteiger partial charge in [0.15, 0.2) is 0 Å². The van der Waals surface area contributed by atoms with Gasteiger partial charge in [-0.25, -0.2) is 4.79 Å². The zero-order valence-electron chi connectivity index (χ0n) is 11.5. The van der Waals surface area contributed by atoms with Gasteiger partial charge in [0.2, 0.25) is 4.33 Å². The van der Waals surface area contributed by atoms with Gasteiger partial charge in [0, 0.05) is 12.7 Å². The number of aromatic nitrogens is 2. The Labute approximate surface area is 127 Å². The maximum Gasteiger partial charge on any atom is 0.350 e. The Kier molecular flexibility index (Phi) is 3.12. The van der Waals surface area contributed by atoms with Crippen LogP contribution in [0.4, 0.5) is 0 Å². The highest BCUT2D eigenvalue weighted by Gasteiger charge is 2.53. The van der Waals surface area contributed by atoms with E-state index in [1.807, 2.05) is 26.0 Å². The van der Waals surface area contributed by atoms with Crippen LogP contribution in [0.25, 0.3) is 5.76 Å². The van der Waals surface area contributed by atoms with Crippen LogP contribution in [0, 0.1) is 0 Å². The molecule has 1 aromatic heterocycles. The minimum Gasteiger partial charge on any atom is -0.423 e. The van der Waals surface area contributed by atoms with Crippen LogP contribution < -0.4 is 0 Å². The standard InChI is InChI=1S/C13H15Cl2N3O2/c1-17(2)11-7-4-5-9-8(6-16-18(9)3)10(7)20-12(19)13(11,14)15/h6,11H,4-5H2,1-3H3. The van der Waals surface area contributed by atoms with Gasteiger partial charge in [0.1, 0.15) is 5.76 Å². The Hall–Kier alpha value is -1.04. The number of ether oxygens (including phenoxy) is 1. The van der Waals surface area contributed by atoms with E-state index in [0.717, 1.165) is 29.7 Å². The number of likely N-dealkylation sites (N-methyl/N-ethyl adjacent to an activating group) is 1. The molecule has 0 radical (unpaired) electrons. The fraction of sp³-hybridized carbons (Fsp3) is 0.538. The van der Waals surface area contributed by atoms with Gasteiger partial charge in [0.05, 0.1) is 17.8 Å². The molecular weight excluding hydrogens is 301 g/mol. The molecule has 0 aromatic carbocycles. The fourth-order valence-corrected chi connectivity index (χ4v) is 3.73. The molecule has 0 fully saturated rings. The van der Waals surface area contributed by atoms with E-state index in [9.17, 15) is 4.79 Å². The van der Waals surface area contributed by atoms with Gasteiger partial charge < -0.3 is 4.74 Å². The number of alkyl halides is 2. The number of carbonyl (C=O) groups is 1. The average Bonchev–Trinajstić information content (AvgIpc) is 2.72. The lowest BCUT2D eigenvalue weighted by molar-refractivity contribution is -0.139. The maximum absolute atomic E-state index is 12.1. The summed E-state index contributed by atoms with van der Waals surface area (Å²) >= 11 is 12.5. The van der Waals surface area contributed by atoms with Crippen LogP contribution in [0.2, 0.25) is 0 Å². The third kappa shape index (κ3) is 1.80. The van der Waals surface area contributed by atoms with E-state index in [1.165, 1.54) is 0 Å². The van der Waals surface area contributed by atoms with Crippen molar-refractivity contribution in [2.75, 3.05) is 14.1 Å². The van der Waals surface area contributed by atoms with Crippen LogP contribution in [0.1, 0.15) is 17.7 Å². The molecule has 20 heavy (non-hydrogen) atoms. The lowest BCUT2D eigenvalue weighted by Crippen LogP contribution is -2.53. The minimum absolute atomic E-state index is 0.393. The Balaban J connectivity index is 2.19. The SMILES string of the molecule is CN(C)C1C2=C(OC(=O)C1(Cl)Cl)c1cnn(C)c1CC2. The first kappa shape index (κ1) is 13.9. The van der Waals surface area contributed by atoms with E-state index in [0.29, 0.717) is 5.76 Å². The molecule has 0 saturated heterocycles. The van der Waals surface area contributed by atoms with Crippen LogP contribution in [-0.2, 0) is 23.0 Å². The van der Waals surface area contributed by atoms with E-state index >= 15 is 0 Å². The van der Waals surface area contributed by atoms with Crippen molar-refractivity contribution in [3.63, 3.8) is 0 Å². The lowest BCUT2D eigenvalue weighted by atomic mass is 9.87. The van der Waals surface area contributed by atoms with E-state index in [2.05, 4.69) is 5.10 Å². The zero-order valence-corrected chi connectivity index (χ0v) is 13.0. The molecule has 1 aliphatic carbocycles. The van der Waals surface area contributed by atoms with E-state index < -0.39 is 16.3 Å². The van der Waals surface area contributed by atoms with Gasteiger partial charge in [-0.1, -0.05) is 23.2 Å². The first-order chi connectivity index (χ1) is 9.34. The third-order valence-electron chi connectivity index (χ3n) is 3.89. The van der Waals surface area contributed by atoms with Gasteiger partial charge in [-0.2, -0.15) is 5.10 Å². The summed E-state index contributed by atoms with van der Waals surface area (Å²) in [6.07, 6.45) is 3.30. The average molecular weight is 316 g/mol. The van der Waals surface area contributed by atoms with Crippen molar-refractivity contribution in [1.82, 2.24) is 14.7 Å². The molecule has 0 N–H and O–H groups in total. The van der Waals surface area contributed by atoms with Crippen molar-refractivity contribution < 1.29 is 9.53 Å². The number of rotatable bonds is 1. The Morgan fingerprint density at radius 2 is 2.15 bits per heavy atom. The quantitative estimate of drug-likeness (QED) is 0.585. The van der Waals surface area contributed by atoms with Gasteiger partial charge >= 0.3 is 5.97 Å². The second kappa shape index (κ2) is 4.48. The third-order valence-corrected chi connectivity index (χ3v) is 4.61. The predicted molar refractivity (Wildman–Crippen MR) is 76.5 cm³/mol. The molecule has 1 aliphatic heterocycles. The maximum atomic E-state index is 12.1. The Morgan fingerprint density at radius 3 is 2.80 bits per heavy atom. The largest absolute Gasteiger partial charge is 0.423 e. The normalized spacial score (nSPS) is 24.5. The van der Waals surface area contributed by atoms with Crippen molar-refractivity contribution in [1.29, 1.82) is 0 Å². The highest BCUT2D eigenvalue weighted by molar-refractivity contribution is 6.58. The number of hydrogen-bond acceptors (Lipinski definition) is 4. The van der Waals surface area contributed by atoms with E-state index in [4.69, 9.17) is 27.9 Å². The molecule has 108 valence electrons. The number of aryl methyl sites for hydroxylation is 1. The summed E-state index contributed by atoms with van der Waals surface area (Å²) in [6, 6.07) is -0.393. The molecular formula is C13H15Cl2N3O2. The monoisotopic (exact) mass is 315 g/mol. The smallest absolute Gasteiger partial charge is 0.350 e. The summed E-state index contributed by atoms with van der Waals surface area (Å²) in [6.45, 7) is 0. The number of hydrogen-bond donors (Lipinski definition) is 0. The van der Waals surface area contributed by atoms with Crippen molar-refractivity contribution in [3.8, 4) is 0 Å². The van der Waals surface area contributed by atoms with Gasteiger partial charge in [-0.05, 0) is 32.5 Å². The molecule has 1 atom stereocenters. The molecule has 1 aromatic rings. The molecule has 5 nitrogen and oxygen atoms in total. The van der Waals surface area contributed by atoms with E-state index in [1.54, 1.807) is 10.9 Å². The Bertz CT molecular complexity index is 619. The summed E-state index contributed by atoms with van der Waals surface area (Å²) in [7, 11) is 5.59. The summed E-state index contributed by atoms with van der Waals surface area (Å²) < 4.78 is 5.65. The van der Waals surface area contributed by atoms with Crippen LogP contribution in [0.5, 0.6) is 0 Å². The van der Waals surface area contributed by atoms with Crippen molar-refractivity contribution in [3.05, 3.63) is 23.0 Å². The van der Waals surface area contributed by atoms with E-state index in [-0.39, 0.29) is 0 Å². The summed E-state index contributed by atoms with van der Waals surface area (Å²) in [5.74, 6) is -0.0602. The molecule has 0 bridgehead atoms. The molecule has 2 aliphatic rings. The van der Waals surface area contributed by atoms with Crippen molar-refractivity contribution in [2.24, 2.45) is 7.05 Å². The summed E-state index contributed by atoms with van der Waals surface area (Å²) in [5.41, 5.74) is 2.88. The minimum atomic E-state index is -1.58. The number of esters is 1. The number of nitrogens with zero attached hydrogens (tertiary/aromatic N) is 3. The van der Waals surface area contributed by atoms with Crippen LogP contribution in [-0.4, -0.2) is 45.1 Å². The molecule has 3 rings (SSSR count). The zero-order chi connectivity index (χ0) is 14.7. The van der Waals surface area contributed by atoms with Crippen molar-refractivity contribution in [2.45, 2.75) is 23.2 Å². The van der Waals surface area contributed by atoms with Gasteiger partial charge in [-0.3, -0.25) is 9.58 Å². The number of carbonyl (C=O) groups excluding carboxylic acids is 1. The molecule has 0 amide bonds. The van der Waals surface area contributed by atoms with Crippen LogP contribution in [0.3, 0.4) is 0 Å². The molecule has 0 spiro atoms. The second-order valence-electron chi connectivity index (χ2n) is 5.36. The van der Waals surface area contributed by atoms with Crippen LogP contribution >= 0.6 is 23.2 Å². The highest BCUT2D eigenvalue weighted by atomic mass is 35.5. The van der Waals surface area contributed by atoms with Gasteiger partial charge in [0.25, 0.3) is 0 Å². The highest BCUT2D eigenvalue weighted by Crippen LogP contribution is 2.46. The topological polar surface area (TPSA) is 47.4 Å². The number of fused-ring (bicyclic) bond motifs is 2. The second-order valence-corrected chi connectivity index (χ2v) is 6.75. The molecule has 1 unspecified atom stereocenters. The molecule has 2 heterocycles. The fourth-order valence-electron chi connectivity index (χ4n) is 3.00.